The first-order chi connectivity index (χ1) is 11.5. The van der Waals surface area contributed by atoms with Gasteiger partial charge in [0.05, 0.1) is 11.6 Å². The molecule has 0 spiro atoms. The van der Waals surface area contributed by atoms with Crippen molar-refractivity contribution in [2.75, 3.05) is 26.7 Å². The molecule has 1 atom stereocenters. The van der Waals surface area contributed by atoms with Gasteiger partial charge in [-0.25, -0.2) is 0 Å². The van der Waals surface area contributed by atoms with E-state index in [1.807, 2.05) is 0 Å². The summed E-state index contributed by atoms with van der Waals surface area (Å²) in [7, 11) is 1.48. The molecule has 1 aromatic rings. The van der Waals surface area contributed by atoms with Crippen LogP contribution in [-0.2, 0) is 4.79 Å². The van der Waals surface area contributed by atoms with Crippen molar-refractivity contribution >= 4 is 27.8 Å². The molecule has 1 unspecified atom stereocenters. The van der Waals surface area contributed by atoms with Gasteiger partial charge in [-0.05, 0) is 54.0 Å². The number of amides is 1. The van der Waals surface area contributed by atoms with E-state index in [1.165, 1.54) is 14.0 Å². The fourth-order valence-corrected chi connectivity index (χ4v) is 3.42. The minimum absolute atomic E-state index is 0.179. The van der Waals surface area contributed by atoms with E-state index >= 15 is 0 Å². The zero-order valence-corrected chi connectivity index (χ0v) is 15.8. The van der Waals surface area contributed by atoms with Gasteiger partial charge < -0.3 is 14.8 Å². The highest BCUT2D eigenvalue weighted by molar-refractivity contribution is 9.10. The second-order valence-electron chi connectivity index (χ2n) is 5.68. The van der Waals surface area contributed by atoms with Crippen molar-refractivity contribution in [3.05, 3.63) is 22.2 Å². The minimum atomic E-state index is -0.494. The predicted molar refractivity (Wildman–Crippen MR) is 94.6 cm³/mol. The van der Waals surface area contributed by atoms with Crippen LogP contribution in [0.2, 0.25) is 0 Å². The number of rotatable bonds is 6. The number of nitrogens with one attached hydrogen (secondary N) is 1. The Hall–Kier alpha value is -1.60. The Morgan fingerprint density at radius 3 is 2.79 bits per heavy atom. The quantitative estimate of drug-likeness (QED) is 0.589. The number of likely N-dealkylation sites (N-methyl/N-ethyl adjacent to an activating group) is 1. The zero-order valence-electron chi connectivity index (χ0n) is 14.2. The number of hydrogen-bond acceptors (Lipinski definition) is 5. The van der Waals surface area contributed by atoms with Gasteiger partial charge in [-0.2, -0.15) is 0 Å². The Kier molecular flexibility index (Phi) is 6.62. The summed E-state index contributed by atoms with van der Waals surface area (Å²) >= 11 is 3.32. The van der Waals surface area contributed by atoms with E-state index in [1.54, 1.807) is 12.1 Å². The van der Waals surface area contributed by atoms with Crippen LogP contribution < -0.4 is 14.8 Å². The fourth-order valence-electron chi connectivity index (χ4n) is 3.01. The number of benzene rings is 1. The molecule has 2 rings (SSSR count). The van der Waals surface area contributed by atoms with E-state index in [0.29, 0.717) is 22.8 Å². The van der Waals surface area contributed by atoms with Crippen molar-refractivity contribution in [2.24, 2.45) is 0 Å². The molecule has 1 N–H and O–H groups in total. The summed E-state index contributed by atoms with van der Waals surface area (Å²) in [6.07, 6.45) is 2.22. The molecule has 0 aromatic heterocycles. The summed E-state index contributed by atoms with van der Waals surface area (Å²) in [5.74, 6) is -0.262. The third-order valence-corrected chi connectivity index (χ3v) is 4.79. The molecule has 1 amide bonds. The number of carbonyl (C=O) groups excluding carboxylic acids is 2. The highest BCUT2D eigenvalue weighted by atomic mass is 79.9. The number of nitrogens with zero attached hydrogens (tertiary/aromatic N) is 1. The monoisotopic (exact) mass is 398 g/mol. The maximum atomic E-state index is 12.7. The molecule has 6 nitrogen and oxygen atoms in total. The Labute approximate surface area is 150 Å². The molecule has 1 aromatic carbocycles. The zero-order chi connectivity index (χ0) is 17.7. The largest absolute Gasteiger partial charge is 0.496 e. The van der Waals surface area contributed by atoms with Crippen molar-refractivity contribution in [3.63, 3.8) is 0 Å². The minimum Gasteiger partial charge on any atom is -0.496 e. The van der Waals surface area contributed by atoms with Crippen LogP contribution >= 0.6 is 15.9 Å². The number of carbonyl (C=O) groups is 2. The molecule has 24 heavy (non-hydrogen) atoms. The van der Waals surface area contributed by atoms with Crippen LogP contribution in [0.15, 0.2) is 16.6 Å². The van der Waals surface area contributed by atoms with Gasteiger partial charge in [0.25, 0.3) is 5.91 Å². The topological polar surface area (TPSA) is 67.9 Å². The molecule has 0 aliphatic carbocycles. The molecule has 1 heterocycles. The van der Waals surface area contributed by atoms with Gasteiger partial charge in [0.1, 0.15) is 11.3 Å². The van der Waals surface area contributed by atoms with Crippen LogP contribution in [0.25, 0.3) is 0 Å². The summed E-state index contributed by atoms with van der Waals surface area (Å²) in [5.41, 5.74) is 0.225. The first kappa shape index (κ1) is 18.7. The summed E-state index contributed by atoms with van der Waals surface area (Å²) < 4.78 is 11.0. The molecule has 7 heteroatoms. The molecule has 0 saturated carbocycles. The first-order valence-corrected chi connectivity index (χ1v) is 8.84. The third kappa shape index (κ3) is 4.27. The van der Waals surface area contributed by atoms with E-state index in [-0.39, 0.29) is 17.2 Å². The van der Waals surface area contributed by atoms with Crippen LogP contribution in [0.5, 0.6) is 11.5 Å². The van der Waals surface area contributed by atoms with E-state index in [0.717, 1.165) is 25.9 Å². The van der Waals surface area contributed by atoms with Gasteiger partial charge in [0, 0.05) is 19.5 Å². The van der Waals surface area contributed by atoms with Gasteiger partial charge in [-0.15, -0.1) is 0 Å². The standard InChI is InChI=1S/C17H23BrN2O4/c1-4-20-9-5-6-12(20)10-19-17(22)15-14(23-3)8-7-13(18)16(15)24-11(2)21/h7-8,12H,4-6,9-10H2,1-3H3,(H,19,22). The van der Waals surface area contributed by atoms with Crippen molar-refractivity contribution < 1.29 is 19.1 Å². The molecule has 1 aliphatic heterocycles. The number of methoxy groups -OCH3 is 1. The second-order valence-corrected chi connectivity index (χ2v) is 6.54. The Morgan fingerprint density at radius 1 is 1.42 bits per heavy atom. The van der Waals surface area contributed by atoms with Crippen LogP contribution in [0, 0.1) is 0 Å². The third-order valence-electron chi connectivity index (χ3n) is 4.17. The van der Waals surface area contributed by atoms with Crippen molar-refractivity contribution in [1.29, 1.82) is 0 Å². The number of ether oxygens (including phenoxy) is 2. The number of esters is 1. The molecule has 1 fully saturated rings. The number of hydrogen-bond donors (Lipinski definition) is 1. The van der Waals surface area contributed by atoms with Crippen LogP contribution in [0.4, 0.5) is 0 Å². The van der Waals surface area contributed by atoms with Crippen LogP contribution in [-0.4, -0.2) is 49.6 Å². The van der Waals surface area contributed by atoms with E-state index in [9.17, 15) is 9.59 Å². The lowest BCUT2D eigenvalue weighted by atomic mass is 10.1. The molecular weight excluding hydrogens is 376 g/mol. The average Bonchev–Trinajstić information content (AvgIpc) is 3.01. The molecule has 0 radical (unpaired) electrons. The molecular formula is C17H23BrN2O4. The highest BCUT2D eigenvalue weighted by Crippen LogP contribution is 2.36. The second kappa shape index (κ2) is 8.48. The summed E-state index contributed by atoms with van der Waals surface area (Å²) in [6, 6.07) is 3.69. The smallest absolute Gasteiger partial charge is 0.308 e. The summed E-state index contributed by atoms with van der Waals surface area (Å²) in [5, 5.41) is 2.95. The van der Waals surface area contributed by atoms with E-state index in [2.05, 4.69) is 33.1 Å². The first-order valence-electron chi connectivity index (χ1n) is 8.05. The van der Waals surface area contributed by atoms with Gasteiger partial charge >= 0.3 is 5.97 Å². The Morgan fingerprint density at radius 2 is 2.17 bits per heavy atom. The van der Waals surface area contributed by atoms with Crippen molar-refractivity contribution in [1.82, 2.24) is 10.2 Å². The molecule has 1 saturated heterocycles. The lowest BCUT2D eigenvalue weighted by molar-refractivity contribution is -0.131. The maximum Gasteiger partial charge on any atom is 0.308 e. The Balaban J connectivity index is 2.20. The molecule has 1 aliphatic rings. The SMILES string of the molecule is CCN1CCCC1CNC(=O)c1c(OC)ccc(Br)c1OC(C)=O. The van der Waals surface area contributed by atoms with E-state index < -0.39 is 5.97 Å². The van der Waals surface area contributed by atoms with Crippen molar-refractivity contribution in [2.45, 2.75) is 32.7 Å². The van der Waals surface area contributed by atoms with Crippen LogP contribution in [0.3, 0.4) is 0 Å². The lowest BCUT2D eigenvalue weighted by Gasteiger charge is -2.23. The maximum absolute atomic E-state index is 12.7. The normalized spacial score (nSPS) is 17.6. The van der Waals surface area contributed by atoms with Crippen LogP contribution in [0.1, 0.15) is 37.0 Å². The fraction of sp³-hybridized carbons (Fsp3) is 0.529. The van der Waals surface area contributed by atoms with Gasteiger partial charge in [-0.3, -0.25) is 14.5 Å². The number of halogens is 1. The molecule has 0 bridgehead atoms. The highest BCUT2D eigenvalue weighted by Gasteiger charge is 2.26. The predicted octanol–water partition coefficient (Wildman–Crippen LogP) is 2.60. The molecule has 132 valence electrons. The van der Waals surface area contributed by atoms with Gasteiger partial charge in [-0.1, -0.05) is 6.92 Å². The lowest BCUT2D eigenvalue weighted by Crippen LogP contribution is -2.40. The van der Waals surface area contributed by atoms with Crippen molar-refractivity contribution in [3.8, 4) is 11.5 Å². The average molecular weight is 399 g/mol. The Bertz CT molecular complexity index is 621. The summed E-state index contributed by atoms with van der Waals surface area (Å²) in [6.45, 7) is 6.01. The van der Waals surface area contributed by atoms with Gasteiger partial charge in [0.15, 0.2) is 5.75 Å². The summed E-state index contributed by atoms with van der Waals surface area (Å²) in [4.78, 5) is 26.4. The number of likely N-dealkylation sites (tertiary alicyclic amines) is 1. The van der Waals surface area contributed by atoms with Gasteiger partial charge in [0.2, 0.25) is 0 Å². The van der Waals surface area contributed by atoms with E-state index in [4.69, 9.17) is 9.47 Å².